The summed E-state index contributed by atoms with van der Waals surface area (Å²) in [7, 11) is -9.92. The molecule has 0 amide bonds. The Morgan fingerprint density at radius 3 is 0.703 bits per heavy atom. The van der Waals surface area contributed by atoms with Gasteiger partial charge in [-0.2, -0.15) is 0 Å². The van der Waals surface area contributed by atoms with Crippen LogP contribution in [0, 0.1) is 5.92 Å². The molecule has 0 aromatic rings. The molecule has 0 heterocycles. The van der Waals surface area contributed by atoms with E-state index in [2.05, 4.69) is 34.6 Å². The largest absolute Gasteiger partial charge is 0.472 e. The van der Waals surface area contributed by atoms with Crippen LogP contribution in [-0.4, -0.2) is 96.7 Å². The van der Waals surface area contributed by atoms with Crippen LogP contribution >= 0.6 is 15.6 Å². The first kappa shape index (κ1) is 99.1. The van der Waals surface area contributed by atoms with Crippen molar-refractivity contribution in [2.45, 2.75) is 457 Å². The predicted octanol–water partition coefficient (Wildman–Crippen LogP) is 24.8. The second-order valence-corrected chi connectivity index (χ2v) is 32.7. The highest BCUT2D eigenvalue weighted by molar-refractivity contribution is 7.47. The van der Waals surface area contributed by atoms with Crippen LogP contribution in [0.2, 0.25) is 0 Å². The molecular formula is C82H160O17P2. The summed E-state index contributed by atoms with van der Waals surface area (Å²) in [6, 6.07) is 0. The standard InChI is InChI=1S/C82H160O17P2/c1-6-10-13-16-19-22-25-27-29-30-31-32-37-41-46-51-56-61-66-80(85)93-72-78(99-82(87)68-63-58-53-48-43-38-34-33-35-40-44-49-54-59-64-75(5)9-4)74-97-101(90,91)95-70-76(83)69-94-100(88,89)96-73-77(71-92-79(84)65-60-55-50-45-39-24-21-18-15-12-8-3)98-81(86)67-62-57-52-47-42-36-28-26-23-20-17-14-11-7-2/h75-78,83H,6-74H2,1-5H3,(H,88,89)(H,90,91)/t75?,76-,77+,78+/m0/s1. The maximum atomic E-state index is 13.1. The number of esters is 4. The number of hydrogen-bond donors (Lipinski definition) is 3. The molecule has 0 aliphatic carbocycles. The average molecular weight is 1480 g/mol. The summed E-state index contributed by atoms with van der Waals surface area (Å²) >= 11 is 0. The van der Waals surface area contributed by atoms with E-state index in [1.54, 1.807) is 0 Å². The number of phosphoric ester groups is 2. The van der Waals surface area contributed by atoms with Crippen molar-refractivity contribution in [1.82, 2.24) is 0 Å². The fourth-order valence-electron chi connectivity index (χ4n) is 12.7. The van der Waals surface area contributed by atoms with Gasteiger partial charge in [0, 0.05) is 25.7 Å². The van der Waals surface area contributed by atoms with Crippen molar-refractivity contribution in [2.75, 3.05) is 39.6 Å². The van der Waals surface area contributed by atoms with Gasteiger partial charge in [0.1, 0.15) is 19.3 Å². The summed E-state index contributed by atoms with van der Waals surface area (Å²) in [5, 5.41) is 10.7. The molecule has 3 N–H and O–H groups in total. The molecule has 0 aliphatic rings. The lowest BCUT2D eigenvalue weighted by Gasteiger charge is -2.21. The van der Waals surface area contributed by atoms with Crippen LogP contribution < -0.4 is 0 Å². The van der Waals surface area contributed by atoms with Crippen LogP contribution in [0.15, 0.2) is 0 Å². The van der Waals surface area contributed by atoms with E-state index in [0.29, 0.717) is 25.7 Å². The number of ether oxygens (including phenoxy) is 4. The number of phosphoric acid groups is 2. The lowest BCUT2D eigenvalue weighted by Crippen LogP contribution is -2.30. The summed E-state index contributed by atoms with van der Waals surface area (Å²) in [4.78, 5) is 73.1. The Balaban J connectivity index is 5.25. The first-order valence-corrected chi connectivity index (χ1v) is 45.7. The number of hydrogen-bond acceptors (Lipinski definition) is 15. The molecule has 3 unspecified atom stereocenters. The van der Waals surface area contributed by atoms with Gasteiger partial charge in [0.25, 0.3) is 0 Å². The monoisotopic (exact) mass is 1480 g/mol. The third-order valence-electron chi connectivity index (χ3n) is 19.6. The number of unbranched alkanes of at least 4 members (excludes halogenated alkanes) is 53. The minimum absolute atomic E-state index is 0.109. The molecule has 0 radical (unpaired) electrons. The number of rotatable bonds is 82. The molecule has 6 atom stereocenters. The second kappa shape index (κ2) is 74.9. The Labute approximate surface area is 619 Å². The molecule has 0 aromatic heterocycles. The first-order chi connectivity index (χ1) is 49.1. The molecule has 19 heteroatoms. The summed E-state index contributed by atoms with van der Waals surface area (Å²) in [6.45, 7) is 7.40. The molecule has 0 aromatic carbocycles. The van der Waals surface area contributed by atoms with Crippen molar-refractivity contribution >= 4 is 39.5 Å². The van der Waals surface area contributed by atoms with Crippen LogP contribution in [0.5, 0.6) is 0 Å². The third kappa shape index (κ3) is 74.7. The average Bonchev–Trinajstić information content (AvgIpc) is 0.952. The fraction of sp³-hybridized carbons (Fsp3) is 0.951. The van der Waals surface area contributed by atoms with Gasteiger partial charge in [0.2, 0.25) is 0 Å². The fourth-order valence-corrected chi connectivity index (χ4v) is 14.3. The predicted molar refractivity (Wildman–Crippen MR) is 414 cm³/mol. The zero-order chi connectivity index (χ0) is 74.1. The Bertz CT molecular complexity index is 1930. The van der Waals surface area contributed by atoms with Gasteiger partial charge in [0.05, 0.1) is 26.4 Å². The van der Waals surface area contributed by atoms with Crippen molar-refractivity contribution in [3.8, 4) is 0 Å². The third-order valence-corrected chi connectivity index (χ3v) is 21.5. The van der Waals surface area contributed by atoms with Crippen LogP contribution in [0.3, 0.4) is 0 Å². The molecular weight excluding hydrogens is 1320 g/mol. The smallest absolute Gasteiger partial charge is 0.462 e. The van der Waals surface area contributed by atoms with Crippen molar-refractivity contribution in [3.63, 3.8) is 0 Å². The molecule has 17 nitrogen and oxygen atoms in total. The van der Waals surface area contributed by atoms with Crippen LogP contribution in [0.4, 0.5) is 0 Å². The Kier molecular flexibility index (Phi) is 73.5. The number of carbonyl (C=O) groups excluding carboxylic acids is 4. The van der Waals surface area contributed by atoms with Gasteiger partial charge in [0.15, 0.2) is 12.2 Å². The normalized spacial score (nSPS) is 14.1. The van der Waals surface area contributed by atoms with Gasteiger partial charge in [-0.05, 0) is 31.6 Å². The molecule has 0 saturated carbocycles. The number of aliphatic hydroxyl groups is 1. The topological polar surface area (TPSA) is 237 Å². The van der Waals surface area contributed by atoms with E-state index in [0.717, 1.165) is 95.8 Å². The van der Waals surface area contributed by atoms with E-state index in [9.17, 15) is 43.2 Å². The SMILES string of the molecule is CCCCCCCCCCCCCCCCCCCCC(=O)OC[C@H](COP(=O)(O)OC[C@@H](O)COP(=O)(O)OC[C@@H](COC(=O)CCCCCCCCCCCCC)OC(=O)CCCCCCCCCCCCCCCC)OC(=O)CCCCCCCCCCCCCCCCC(C)CC. The maximum absolute atomic E-state index is 13.1. The zero-order valence-electron chi connectivity index (χ0n) is 66.1. The van der Waals surface area contributed by atoms with E-state index >= 15 is 0 Å². The zero-order valence-corrected chi connectivity index (χ0v) is 67.8. The number of carbonyl (C=O) groups is 4. The summed E-state index contributed by atoms with van der Waals surface area (Å²) in [5.41, 5.74) is 0. The molecule has 0 aliphatic heterocycles. The van der Waals surface area contributed by atoms with Gasteiger partial charge < -0.3 is 33.8 Å². The summed E-state index contributed by atoms with van der Waals surface area (Å²) in [5.74, 6) is -1.26. The quantitative estimate of drug-likeness (QED) is 0.0222. The van der Waals surface area contributed by atoms with Crippen LogP contribution in [-0.2, 0) is 65.4 Å². The molecule has 0 fully saturated rings. The van der Waals surface area contributed by atoms with Crippen molar-refractivity contribution < 1.29 is 80.2 Å². The van der Waals surface area contributed by atoms with Gasteiger partial charge in [-0.25, -0.2) is 9.13 Å². The van der Waals surface area contributed by atoms with E-state index in [1.807, 2.05) is 0 Å². The highest BCUT2D eigenvalue weighted by Crippen LogP contribution is 2.45. The van der Waals surface area contributed by atoms with Crippen molar-refractivity contribution in [3.05, 3.63) is 0 Å². The van der Waals surface area contributed by atoms with Crippen LogP contribution in [0.25, 0.3) is 0 Å². The molecule has 600 valence electrons. The Hall–Kier alpha value is -1.94. The number of aliphatic hydroxyl groups excluding tert-OH is 1. The lowest BCUT2D eigenvalue weighted by atomic mass is 9.99. The van der Waals surface area contributed by atoms with E-state index < -0.39 is 97.5 Å². The Morgan fingerprint density at radius 2 is 0.475 bits per heavy atom. The molecule has 0 rings (SSSR count). The first-order valence-electron chi connectivity index (χ1n) is 42.7. The van der Waals surface area contributed by atoms with Gasteiger partial charge in [-0.3, -0.25) is 37.3 Å². The molecule has 0 spiro atoms. The molecule has 101 heavy (non-hydrogen) atoms. The van der Waals surface area contributed by atoms with Gasteiger partial charge in [-0.1, -0.05) is 388 Å². The molecule has 0 bridgehead atoms. The minimum Gasteiger partial charge on any atom is -0.462 e. The summed E-state index contributed by atoms with van der Waals surface area (Å²) < 4.78 is 68.8. The van der Waals surface area contributed by atoms with E-state index in [1.165, 1.54) is 263 Å². The van der Waals surface area contributed by atoms with Gasteiger partial charge >= 0.3 is 39.5 Å². The lowest BCUT2D eigenvalue weighted by molar-refractivity contribution is -0.161. The van der Waals surface area contributed by atoms with Crippen LogP contribution in [0.1, 0.15) is 439 Å². The molecule has 0 saturated heterocycles. The highest BCUT2D eigenvalue weighted by Gasteiger charge is 2.30. The van der Waals surface area contributed by atoms with Crippen molar-refractivity contribution in [1.29, 1.82) is 0 Å². The maximum Gasteiger partial charge on any atom is 0.472 e. The van der Waals surface area contributed by atoms with E-state index in [-0.39, 0.29) is 25.7 Å². The van der Waals surface area contributed by atoms with E-state index in [4.69, 9.17) is 37.0 Å². The summed E-state index contributed by atoms with van der Waals surface area (Å²) in [6.07, 6.45) is 66.4. The van der Waals surface area contributed by atoms with Crippen molar-refractivity contribution in [2.24, 2.45) is 5.92 Å². The highest BCUT2D eigenvalue weighted by atomic mass is 31.2. The Morgan fingerprint density at radius 1 is 0.277 bits per heavy atom. The minimum atomic E-state index is -4.96. The second-order valence-electron chi connectivity index (χ2n) is 29.8. The van der Waals surface area contributed by atoms with Gasteiger partial charge in [-0.15, -0.1) is 0 Å².